The summed E-state index contributed by atoms with van der Waals surface area (Å²) in [6.45, 7) is 5.51. The van der Waals surface area contributed by atoms with Gasteiger partial charge in [0.05, 0.1) is 5.75 Å². The Labute approximate surface area is 64.5 Å². The molecule has 0 heterocycles. The molecule has 3 heteroatoms. The van der Waals surface area contributed by atoms with Crippen molar-refractivity contribution in [1.29, 1.82) is 0 Å². The molecule has 0 radical (unpaired) electrons. The molecule has 0 rings (SSSR count). The molecular formula is C7H14O2S. The summed E-state index contributed by atoms with van der Waals surface area (Å²) in [7, 11) is -0.992. The van der Waals surface area contributed by atoms with Gasteiger partial charge in [0.1, 0.15) is 0 Å². The van der Waals surface area contributed by atoms with Gasteiger partial charge in [-0.15, -0.1) is 0 Å². The van der Waals surface area contributed by atoms with Crippen LogP contribution in [0.1, 0.15) is 20.8 Å². The standard InChI is InChI=1S/C7H14O2S/c1-7(2,3)6(8)5-10(4)9/h5H2,1-4H3. The van der Waals surface area contributed by atoms with E-state index >= 15 is 0 Å². The molecule has 2 nitrogen and oxygen atoms in total. The van der Waals surface area contributed by atoms with Gasteiger partial charge in [0, 0.05) is 22.5 Å². The van der Waals surface area contributed by atoms with E-state index in [1.807, 2.05) is 20.8 Å². The van der Waals surface area contributed by atoms with Gasteiger partial charge in [0.25, 0.3) is 0 Å². The van der Waals surface area contributed by atoms with Gasteiger partial charge >= 0.3 is 0 Å². The van der Waals surface area contributed by atoms with E-state index in [1.54, 1.807) is 6.26 Å². The molecule has 0 amide bonds. The quantitative estimate of drug-likeness (QED) is 0.606. The molecule has 1 atom stereocenters. The van der Waals surface area contributed by atoms with Crippen molar-refractivity contribution in [2.24, 2.45) is 5.41 Å². The molecule has 0 saturated carbocycles. The van der Waals surface area contributed by atoms with E-state index in [9.17, 15) is 9.00 Å². The third-order valence-electron chi connectivity index (χ3n) is 1.17. The Hall–Kier alpha value is -0.180. The molecule has 0 aromatic heterocycles. The minimum atomic E-state index is -0.992. The van der Waals surface area contributed by atoms with E-state index < -0.39 is 10.8 Å². The number of carbonyl (C=O) groups is 1. The number of hydrogen-bond donors (Lipinski definition) is 0. The molecule has 0 aliphatic rings. The molecule has 0 spiro atoms. The van der Waals surface area contributed by atoms with E-state index in [0.717, 1.165) is 0 Å². The van der Waals surface area contributed by atoms with Crippen LogP contribution in [0.15, 0.2) is 0 Å². The minimum absolute atomic E-state index is 0.0633. The highest BCUT2D eigenvalue weighted by molar-refractivity contribution is 7.85. The van der Waals surface area contributed by atoms with E-state index in [2.05, 4.69) is 0 Å². The van der Waals surface area contributed by atoms with Crippen molar-refractivity contribution in [3.05, 3.63) is 0 Å². The second kappa shape index (κ2) is 3.28. The molecule has 0 aromatic carbocycles. The first-order valence-electron chi connectivity index (χ1n) is 3.17. The molecule has 0 aromatic rings. The number of Topliss-reactive ketones (excluding diaryl/α,β-unsaturated/α-hetero) is 1. The maximum Gasteiger partial charge on any atom is 0.150 e. The first-order chi connectivity index (χ1) is 4.34. The lowest BCUT2D eigenvalue weighted by Gasteiger charge is -2.14. The van der Waals surface area contributed by atoms with E-state index in [1.165, 1.54) is 0 Å². The van der Waals surface area contributed by atoms with Crippen LogP contribution in [0.5, 0.6) is 0 Å². The Bertz CT molecular complexity index is 155. The molecule has 0 saturated heterocycles. The van der Waals surface area contributed by atoms with Crippen LogP contribution in [0.3, 0.4) is 0 Å². The first-order valence-corrected chi connectivity index (χ1v) is 4.90. The first kappa shape index (κ1) is 9.82. The number of carbonyl (C=O) groups excluding carboxylic acids is 1. The van der Waals surface area contributed by atoms with Crippen LogP contribution < -0.4 is 0 Å². The summed E-state index contributed by atoms with van der Waals surface area (Å²) in [6, 6.07) is 0. The summed E-state index contributed by atoms with van der Waals surface area (Å²) in [5, 5.41) is 0. The minimum Gasteiger partial charge on any atom is -0.298 e. The monoisotopic (exact) mass is 162 g/mol. The molecule has 0 N–H and O–H groups in total. The zero-order chi connectivity index (χ0) is 8.36. The molecule has 0 aliphatic carbocycles. The average Bonchev–Trinajstić information content (AvgIpc) is 1.60. The molecule has 0 bridgehead atoms. The third kappa shape index (κ3) is 3.77. The second-order valence-corrected chi connectivity index (χ2v) is 4.83. The van der Waals surface area contributed by atoms with Gasteiger partial charge < -0.3 is 0 Å². The number of rotatable bonds is 2. The van der Waals surface area contributed by atoms with Gasteiger partial charge in [0.15, 0.2) is 5.78 Å². The topological polar surface area (TPSA) is 34.1 Å². The zero-order valence-corrected chi connectivity index (χ0v) is 7.75. The molecule has 10 heavy (non-hydrogen) atoms. The lowest BCUT2D eigenvalue weighted by Crippen LogP contribution is -2.25. The lowest BCUT2D eigenvalue weighted by molar-refractivity contribution is -0.123. The summed E-state index contributed by atoms with van der Waals surface area (Å²) in [4.78, 5) is 11.1. The summed E-state index contributed by atoms with van der Waals surface area (Å²) in [5.74, 6) is 0.247. The highest BCUT2D eigenvalue weighted by Gasteiger charge is 2.21. The van der Waals surface area contributed by atoms with E-state index in [4.69, 9.17) is 0 Å². The summed E-state index contributed by atoms with van der Waals surface area (Å²) < 4.78 is 10.6. The van der Waals surface area contributed by atoms with Crippen molar-refractivity contribution in [1.82, 2.24) is 0 Å². The SMILES string of the molecule is CS(=O)CC(=O)C(C)(C)C. The molecule has 1 unspecified atom stereocenters. The highest BCUT2D eigenvalue weighted by Crippen LogP contribution is 2.14. The fraction of sp³-hybridized carbons (Fsp3) is 0.857. The van der Waals surface area contributed by atoms with Crippen molar-refractivity contribution >= 4 is 16.6 Å². The summed E-state index contributed by atoms with van der Waals surface area (Å²) >= 11 is 0. The number of hydrogen-bond acceptors (Lipinski definition) is 2. The number of ketones is 1. The van der Waals surface area contributed by atoms with Crippen molar-refractivity contribution in [3.8, 4) is 0 Å². The Morgan fingerprint density at radius 2 is 1.80 bits per heavy atom. The van der Waals surface area contributed by atoms with Crippen LogP contribution in [0, 0.1) is 5.41 Å². The molecule has 60 valence electrons. The van der Waals surface area contributed by atoms with E-state index in [-0.39, 0.29) is 17.0 Å². The zero-order valence-electron chi connectivity index (χ0n) is 6.93. The molecular weight excluding hydrogens is 148 g/mol. The predicted molar refractivity (Wildman–Crippen MR) is 43.4 cm³/mol. The van der Waals surface area contributed by atoms with Gasteiger partial charge in [-0.3, -0.25) is 9.00 Å². The van der Waals surface area contributed by atoms with Crippen LogP contribution in [0.2, 0.25) is 0 Å². The van der Waals surface area contributed by atoms with Crippen LogP contribution in [0.25, 0.3) is 0 Å². The average molecular weight is 162 g/mol. The lowest BCUT2D eigenvalue weighted by atomic mass is 9.92. The third-order valence-corrected chi connectivity index (χ3v) is 1.84. The molecule has 0 fully saturated rings. The van der Waals surface area contributed by atoms with E-state index in [0.29, 0.717) is 0 Å². The van der Waals surface area contributed by atoms with Gasteiger partial charge in [-0.05, 0) is 0 Å². The normalized spacial score (nSPS) is 14.8. The molecule has 0 aliphatic heterocycles. The Kier molecular flexibility index (Phi) is 3.22. The van der Waals surface area contributed by atoms with Gasteiger partial charge in [-0.1, -0.05) is 20.8 Å². The van der Waals surface area contributed by atoms with Crippen LogP contribution in [-0.4, -0.2) is 22.0 Å². The Morgan fingerprint density at radius 3 is 1.90 bits per heavy atom. The van der Waals surface area contributed by atoms with Crippen molar-refractivity contribution in [2.45, 2.75) is 20.8 Å². The maximum atomic E-state index is 11.1. The van der Waals surface area contributed by atoms with Gasteiger partial charge in [-0.25, -0.2) is 0 Å². The predicted octanol–water partition coefficient (Wildman–Crippen LogP) is 0.980. The van der Waals surface area contributed by atoms with Crippen molar-refractivity contribution in [2.75, 3.05) is 12.0 Å². The van der Waals surface area contributed by atoms with Crippen molar-refractivity contribution in [3.63, 3.8) is 0 Å². The summed E-state index contributed by atoms with van der Waals surface area (Å²) in [5.41, 5.74) is -0.342. The maximum absolute atomic E-state index is 11.1. The second-order valence-electron chi connectivity index (χ2n) is 3.39. The fourth-order valence-corrected chi connectivity index (χ4v) is 1.20. The highest BCUT2D eigenvalue weighted by atomic mass is 32.2. The Morgan fingerprint density at radius 1 is 1.40 bits per heavy atom. The smallest absolute Gasteiger partial charge is 0.150 e. The summed E-state index contributed by atoms with van der Waals surface area (Å²) in [6.07, 6.45) is 1.55. The van der Waals surface area contributed by atoms with Crippen molar-refractivity contribution < 1.29 is 9.00 Å². The Balaban J connectivity index is 3.99. The van der Waals surface area contributed by atoms with Gasteiger partial charge in [0.2, 0.25) is 0 Å². The van der Waals surface area contributed by atoms with Crippen LogP contribution in [-0.2, 0) is 15.6 Å². The van der Waals surface area contributed by atoms with Crippen LogP contribution in [0.4, 0.5) is 0 Å². The fourth-order valence-electron chi connectivity index (χ4n) is 0.401. The van der Waals surface area contributed by atoms with Gasteiger partial charge in [-0.2, -0.15) is 0 Å². The largest absolute Gasteiger partial charge is 0.298 e. The van der Waals surface area contributed by atoms with Crippen LogP contribution >= 0.6 is 0 Å².